The van der Waals surface area contributed by atoms with Crippen molar-refractivity contribution in [1.82, 2.24) is 5.32 Å². The molecule has 1 atom stereocenters. The van der Waals surface area contributed by atoms with Gasteiger partial charge in [-0.25, -0.2) is 4.39 Å². The Morgan fingerprint density at radius 2 is 2.22 bits per heavy atom. The number of nitrogens with zero attached hydrogens (tertiary/aromatic N) is 1. The SMILES string of the molecule is CCNC(=O)CN(C)c1ccc(F)cc1[C@@H](C)O. The van der Waals surface area contributed by atoms with E-state index in [9.17, 15) is 14.3 Å². The Hall–Kier alpha value is -1.62. The third kappa shape index (κ3) is 3.70. The van der Waals surface area contributed by atoms with Crippen LogP contribution in [0.1, 0.15) is 25.5 Å². The van der Waals surface area contributed by atoms with Crippen LogP contribution in [0.2, 0.25) is 0 Å². The lowest BCUT2D eigenvalue weighted by Gasteiger charge is -2.23. The monoisotopic (exact) mass is 254 g/mol. The van der Waals surface area contributed by atoms with Gasteiger partial charge in [0.2, 0.25) is 5.91 Å². The minimum atomic E-state index is -0.785. The summed E-state index contributed by atoms with van der Waals surface area (Å²) < 4.78 is 13.1. The second-order valence-electron chi connectivity index (χ2n) is 4.19. The normalized spacial score (nSPS) is 12.1. The second-order valence-corrected chi connectivity index (χ2v) is 4.19. The Labute approximate surface area is 106 Å². The lowest BCUT2D eigenvalue weighted by molar-refractivity contribution is -0.119. The maximum Gasteiger partial charge on any atom is 0.239 e. The minimum Gasteiger partial charge on any atom is -0.389 e. The first-order chi connectivity index (χ1) is 8.45. The number of carbonyl (C=O) groups excluding carboxylic acids is 1. The van der Waals surface area contributed by atoms with Crippen molar-refractivity contribution in [1.29, 1.82) is 0 Å². The average Bonchev–Trinajstić information content (AvgIpc) is 2.28. The predicted molar refractivity (Wildman–Crippen MR) is 69.0 cm³/mol. The number of rotatable bonds is 5. The summed E-state index contributed by atoms with van der Waals surface area (Å²) >= 11 is 0. The molecule has 0 spiro atoms. The molecule has 1 aromatic carbocycles. The Bertz CT molecular complexity index is 421. The lowest BCUT2D eigenvalue weighted by Crippen LogP contribution is -2.35. The summed E-state index contributed by atoms with van der Waals surface area (Å²) in [5.41, 5.74) is 1.12. The van der Waals surface area contributed by atoms with Crippen molar-refractivity contribution in [2.24, 2.45) is 0 Å². The van der Waals surface area contributed by atoms with E-state index in [-0.39, 0.29) is 12.5 Å². The molecule has 1 aromatic rings. The van der Waals surface area contributed by atoms with E-state index in [1.54, 1.807) is 24.9 Å². The largest absolute Gasteiger partial charge is 0.389 e. The highest BCUT2D eigenvalue weighted by atomic mass is 19.1. The zero-order valence-corrected chi connectivity index (χ0v) is 10.9. The van der Waals surface area contributed by atoms with Crippen molar-refractivity contribution in [3.05, 3.63) is 29.6 Å². The number of aliphatic hydroxyl groups is 1. The zero-order chi connectivity index (χ0) is 13.7. The smallest absolute Gasteiger partial charge is 0.239 e. The summed E-state index contributed by atoms with van der Waals surface area (Å²) in [7, 11) is 1.73. The average molecular weight is 254 g/mol. The third-order valence-corrected chi connectivity index (χ3v) is 2.61. The highest BCUT2D eigenvalue weighted by molar-refractivity contribution is 5.81. The highest BCUT2D eigenvalue weighted by Gasteiger charge is 2.14. The molecular weight excluding hydrogens is 235 g/mol. The molecular formula is C13H19FN2O2. The summed E-state index contributed by atoms with van der Waals surface area (Å²) in [5.74, 6) is -0.512. The first kappa shape index (κ1) is 14.4. The predicted octanol–water partition coefficient (Wildman–Crippen LogP) is 1.45. The fourth-order valence-electron chi connectivity index (χ4n) is 1.76. The van der Waals surface area contributed by atoms with Crippen LogP contribution in [0.4, 0.5) is 10.1 Å². The standard InChI is InChI=1S/C13H19FN2O2/c1-4-15-13(18)8-16(3)12-6-5-10(14)7-11(12)9(2)17/h5-7,9,17H,4,8H2,1-3H3,(H,15,18)/t9-/m1/s1. The van der Waals surface area contributed by atoms with Crippen molar-refractivity contribution in [2.75, 3.05) is 25.0 Å². The Kier molecular flexibility index (Phi) is 5.09. The molecule has 0 saturated carbocycles. The van der Waals surface area contributed by atoms with Crippen LogP contribution in [-0.4, -0.2) is 31.2 Å². The molecule has 18 heavy (non-hydrogen) atoms. The van der Waals surface area contributed by atoms with E-state index >= 15 is 0 Å². The fraction of sp³-hybridized carbons (Fsp3) is 0.462. The van der Waals surface area contributed by atoms with Crippen molar-refractivity contribution in [2.45, 2.75) is 20.0 Å². The molecule has 0 heterocycles. The van der Waals surface area contributed by atoms with Crippen LogP contribution < -0.4 is 10.2 Å². The Balaban J connectivity index is 2.91. The van der Waals surface area contributed by atoms with Crippen LogP contribution in [-0.2, 0) is 4.79 Å². The van der Waals surface area contributed by atoms with Crippen LogP contribution in [0.15, 0.2) is 18.2 Å². The molecule has 0 saturated heterocycles. The number of benzene rings is 1. The number of hydrogen-bond acceptors (Lipinski definition) is 3. The van der Waals surface area contributed by atoms with Gasteiger partial charge >= 0.3 is 0 Å². The van der Waals surface area contributed by atoms with Crippen LogP contribution in [0.25, 0.3) is 0 Å². The van der Waals surface area contributed by atoms with Gasteiger partial charge in [-0.15, -0.1) is 0 Å². The molecule has 0 aliphatic heterocycles. The number of halogens is 1. The van der Waals surface area contributed by atoms with Gasteiger partial charge in [-0.1, -0.05) is 0 Å². The maximum absolute atomic E-state index is 13.1. The number of anilines is 1. The molecule has 100 valence electrons. The first-order valence-corrected chi connectivity index (χ1v) is 5.91. The number of likely N-dealkylation sites (N-methyl/N-ethyl adjacent to an activating group) is 2. The topological polar surface area (TPSA) is 52.6 Å². The van der Waals surface area contributed by atoms with Gasteiger partial charge in [-0.2, -0.15) is 0 Å². The molecule has 0 radical (unpaired) electrons. The Morgan fingerprint density at radius 1 is 1.56 bits per heavy atom. The van der Waals surface area contributed by atoms with Gasteiger partial charge in [0.05, 0.1) is 12.6 Å². The van der Waals surface area contributed by atoms with E-state index in [0.29, 0.717) is 17.8 Å². The minimum absolute atomic E-state index is 0.110. The molecule has 5 heteroatoms. The molecule has 0 fully saturated rings. The summed E-state index contributed by atoms with van der Waals surface area (Å²) in [6.07, 6.45) is -0.785. The van der Waals surface area contributed by atoms with Crippen molar-refractivity contribution < 1.29 is 14.3 Å². The van der Waals surface area contributed by atoms with Crippen LogP contribution in [0.3, 0.4) is 0 Å². The quantitative estimate of drug-likeness (QED) is 0.836. The number of nitrogens with one attached hydrogen (secondary N) is 1. The van der Waals surface area contributed by atoms with Gasteiger partial charge in [0.25, 0.3) is 0 Å². The second kappa shape index (κ2) is 6.35. The van der Waals surface area contributed by atoms with Crippen LogP contribution >= 0.6 is 0 Å². The Morgan fingerprint density at radius 3 is 2.78 bits per heavy atom. The van der Waals surface area contributed by atoms with Gasteiger partial charge < -0.3 is 15.3 Å². The van der Waals surface area contributed by atoms with E-state index in [0.717, 1.165) is 0 Å². The van der Waals surface area contributed by atoms with Gasteiger partial charge in [-0.05, 0) is 32.0 Å². The molecule has 0 bridgehead atoms. The molecule has 0 unspecified atom stereocenters. The molecule has 2 N–H and O–H groups in total. The number of aliphatic hydroxyl groups excluding tert-OH is 1. The number of carbonyl (C=O) groups is 1. The zero-order valence-electron chi connectivity index (χ0n) is 10.9. The molecule has 0 aliphatic rings. The first-order valence-electron chi connectivity index (χ1n) is 5.91. The summed E-state index contributed by atoms with van der Waals surface area (Å²) in [6, 6.07) is 4.17. The van der Waals surface area contributed by atoms with Gasteiger partial charge in [-0.3, -0.25) is 4.79 Å². The molecule has 0 aromatic heterocycles. The number of amides is 1. The molecule has 4 nitrogen and oxygen atoms in total. The van der Waals surface area contributed by atoms with E-state index in [2.05, 4.69) is 5.32 Å². The van der Waals surface area contributed by atoms with Gasteiger partial charge in [0.1, 0.15) is 5.82 Å². The maximum atomic E-state index is 13.1. The van der Waals surface area contributed by atoms with Crippen LogP contribution in [0, 0.1) is 5.82 Å². The van der Waals surface area contributed by atoms with E-state index in [1.807, 2.05) is 6.92 Å². The molecule has 0 aliphatic carbocycles. The summed E-state index contributed by atoms with van der Waals surface area (Å²) in [5, 5.41) is 12.3. The van der Waals surface area contributed by atoms with E-state index < -0.39 is 11.9 Å². The van der Waals surface area contributed by atoms with Crippen LogP contribution in [0.5, 0.6) is 0 Å². The van der Waals surface area contributed by atoms with E-state index in [1.165, 1.54) is 12.1 Å². The van der Waals surface area contributed by atoms with E-state index in [4.69, 9.17) is 0 Å². The number of hydrogen-bond donors (Lipinski definition) is 2. The van der Waals surface area contributed by atoms with Gasteiger partial charge in [0, 0.05) is 24.8 Å². The third-order valence-electron chi connectivity index (χ3n) is 2.61. The summed E-state index contributed by atoms with van der Waals surface area (Å²) in [4.78, 5) is 13.2. The van der Waals surface area contributed by atoms with Crippen molar-refractivity contribution >= 4 is 11.6 Å². The molecule has 1 rings (SSSR count). The lowest BCUT2D eigenvalue weighted by atomic mass is 10.1. The van der Waals surface area contributed by atoms with Crippen molar-refractivity contribution in [3.8, 4) is 0 Å². The summed E-state index contributed by atoms with van der Waals surface area (Å²) in [6.45, 7) is 4.15. The highest BCUT2D eigenvalue weighted by Crippen LogP contribution is 2.26. The molecule has 1 amide bonds. The fourth-order valence-corrected chi connectivity index (χ4v) is 1.76. The van der Waals surface area contributed by atoms with Gasteiger partial charge in [0.15, 0.2) is 0 Å². The van der Waals surface area contributed by atoms with Crippen molar-refractivity contribution in [3.63, 3.8) is 0 Å².